The Morgan fingerprint density at radius 1 is 1.12 bits per heavy atom. The Bertz CT molecular complexity index is 809. The van der Waals surface area contributed by atoms with Crippen molar-refractivity contribution in [2.45, 2.75) is 26.7 Å². The molecule has 2 aromatic carbocycles. The van der Waals surface area contributed by atoms with Gasteiger partial charge in [-0.25, -0.2) is 0 Å². The molecule has 5 heteroatoms. The first-order chi connectivity index (χ1) is 12.1. The summed E-state index contributed by atoms with van der Waals surface area (Å²) in [6.07, 6.45) is 0.957. The first kappa shape index (κ1) is 18.2. The second-order valence-electron chi connectivity index (χ2n) is 5.61. The third kappa shape index (κ3) is 4.67. The number of nitrogens with zero attached hydrogens (tertiary/aromatic N) is 2. The average molecular weight is 335 g/mol. The smallest absolute Gasteiger partial charge is 0.226 e. The highest BCUT2D eigenvalue weighted by molar-refractivity contribution is 5.95. The van der Waals surface area contributed by atoms with Gasteiger partial charge in [-0.05, 0) is 30.2 Å². The fraction of sp³-hybridized carbons (Fsp3) is 0.250. The summed E-state index contributed by atoms with van der Waals surface area (Å²) in [4.78, 5) is 25.9. The van der Waals surface area contributed by atoms with Gasteiger partial charge in [0.1, 0.15) is 6.07 Å². The van der Waals surface area contributed by atoms with E-state index in [1.54, 1.807) is 29.2 Å². The summed E-state index contributed by atoms with van der Waals surface area (Å²) in [5.41, 5.74) is 2.80. The van der Waals surface area contributed by atoms with E-state index in [9.17, 15) is 9.59 Å². The predicted molar refractivity (Wildman–Crippen MR) is 98.3 cm³/mol. The van der Waals surface area contributed by atoms with Crippen LogP contribution in [0.3, 0.4) is 0 Å². The van der Waals surface area contributed by atoms with E-state index >= 15 is 0 Å². The Morgan fingerprint density at radius 3 is 2.48 bits per heavy atom. The van der Waals surface area contributed by atoms with E-state index in [1.165, 1.54) is 6.92 Å². The maximum atomic E-state index is 12.2. The molecule has 0 aliphatic carbocycles. The van der Waals surface area contributed by atoms with Gasteiger partial charge in [0, 0.05) is 25.6 Å². The number of carbonyl (C=O) groups is 2. The van der Waals surface area contributed by atoms with E-state index in [-0.39, 0.29) is 24.8 Å². The van der Waals surface area contributed by atoms with E-state index in [0.717, 1.165) is 17.7 Å². The number of hydrogen-bond donors (Lipinski definition) is 1. The summed E-state index contributed by atoms with van der Waals surface area (Å²) in [7, 11) is 0. The fourth-order valence-electron chi connectivity index (χ4n) is 2.64. The molecule has 0 heterocycles. The van der Waals surface area contributed by atoms with Crippen molar-refractivity contribution in [3.8, 4) is 6.07 Å². The van der Waals surface area contributed by atoms with Crippen LogP contribution in [0.4, 0.5) is 11.4 Å². The molecule has 0 aromatic heterocycles. The third-order valence-corrected chi connectivity index (χ3v) is 3.93. The third-order valence-electron chi connectivity index (χ3n) is 3.93. The fourth-order valence-corrected chi connectivity index (χ4v) is 2.64. The number of benzene rings is 2. The Balaban J connectivity index is 2.08. The molecule has 0 radical (unpaired) electrons. The SMILES string of the molecule is CCc1ccccc1N(CCC(=O)Nc1ccccc1C#N)C(C)=O. The lowest BCUT2D eigenvalue weighted by molar-refractivity contribution is -0.117. The maximum absolute atomic E-state index is 12.2. The van der Waals surface area contributed by atoms with Crippen molar-refractivity contribution < 1.29 is 9.59 Å². The van der Waals surface area contributed by atoms with Crippen molar-refractivity contribution in [3.63, 3.8) is 0 Å². The number of anilines is 2. The zero-order valence-electron chi connectivity index (χ0n) is 14.5. The monoisotopic (exact) mass is 335 g/mol. The number of carbonyl (C=O) groups excluding carboxylic acids is 2. The van der Waals surface area contributed by atoms with Crippen LogP contribution in [0.1, 0.15) is 31.4 Å². The molecule has 2 rings (SSSR count). The van der Waals surface area contributed by atoms with Crippen LogP contribution in [-0.4, -0.2) is 18.4 Å². The second kappa shape index (κ2) is 8.65. The Labute approximate surface area is 147 Å². The summed E-state index contributed by atoms with van der Waals surface area (Å²) >= 11 is 0. The first-order valence-electron chi connectivity index (χ1n) is 8.21. The normalized spacial score (nSPS) is 9.96. The van der Waals surface area contributed by atoms with Gasteiger partial charge in [-0.1, -0.05) is 37.3 Å². The van der Waals surface area contributed by atoms with Gasteiger partial charge in [0.15, 0.2) is 0 Å². The van der Waals surface area contributed by atoms with Crippen LogP contribution in [0.15, 0.2) is 48.5 Å². The van der Waals surface area contributed by atoms with Crippen LogP contribution >= 0.6 is 0 Å². The van der Waals surface area contributed by atoms with Crippen LogP contribution in [0.5, 0.6) is 0 Å². The Morgan fingerprint density at radius 2 is 1.80 bits per heavy atom. The molecule has 2 amide bonds. The molecule has 5 nitrogen and oxygen atoms in total. The van der Waals surface area contributed by atoms with Crippen molar-refractivity contribution in [1.29, 1.82) is 5.26 Å². The quantitative estimate of drug-likeness (QED) is 0.878. The minimum absolute atomic E-state index is 0.105. The van der Waals surface area contributed by atoms with Crippen molar-refractivity contribution in [2.24, 2.45) is 0 Å². The minimum Gasteiger partial charge on any atom is -0.325 e. The number of nitriles is 1. The van der Waals surface area contributed by atoms with Gasteiger partial charge >= 0.3 is 0 Å². The van der Waals surface area contributed by atoms with Crippen LogP contribution in [-0.2, 0) is 16.0 Å². The molecule has 1 N–H and O–H groups in total. The lowest BCUT2D eigenvalue weighted by Gasteiger charge is -2.23. The molecule has 128 valence electrons. The standard InChI is InChI=1S/C20H21N3O2/c1-3-16-8-5-7-11-19(16)23(15(2)24)13-12-20(25)22-18-10-6-4-9-17(18)14-21/h4-11H,3,12-13H2,1-2H3,(H,22,25). The largest absolute Gasteiger partial charge is 0.325 e. The van der Waals surface area contributed by atoms with Gasteiger partial charge in [0.25, 0.3) is 0 Å². The highest BCUT2D eigenvalue weighted by atomic mass is 16.2. The van der Waals surface area contributed by atoms with Crippen LogP contribution in [0.25, 0.3) is 0 Å². The molecule has 0 atom stereocenters. The molecule has 25 heavy (non-hydrogen) atoms. The van der Waals surface area contributed by atoms with Crippen molar-refractivity contribution in [1.82, 2.24) is 0 Å². The van der Waals surface area contributed by atoms with Crippen molar-refractivity contribution >= 4 is 23.2 Å². The predicted octanol–water partition coefficient (Wildman–Crippen LogP) is 3.50. The molecule has 0 fully saturated rings. The topological polar surface area (TPSA) is 73.2 Å². The maximum Gasteiger partial charge on any atom is 0.226 e. The average Bonchev–Trinajstić information content (AvgIpc) is 2.62. The molecule has 0 unspecified atom stereocenters. The van der Waals surface area contributed by atoms with Crippen molar-refractivity contribution in [3.05, 3.63) is 59.7 Å². The van der Waals surface area contributed by atoms with Gasteiger partial charge in [-0.2, -0.15) is 5.26 Å². The van der Waals surface area contributed by atoms with E-state index in [1.807, 2.05) is 37.3 Å². The highest BCUT2D eigenvalue weighted by Gasteiger charge is 2.16. The molecule has 0 saturated carbocycles. The lowest BCUT2D eigenvalue weighted by atomic mass is 10.1. The number of amides is 2. The number of nitrogens with one attached hydrogen (secondary N) is 1. The van der Waals surface area contributed by atoms with Gasteiger partial charge < -0.3 is 10.2 Å². The van der Waals surface area contributed by atoms with Gasteiger partial charge in [-0.15, -0.1) is 0 Å². The van der Waals surface area contributed by atoms with E-state index < -0.39 is 0 Å². The van der Waals surface area contributed by atoms with Gasteiger partial charge in [-0.3, -0.25) is 9.59 Å². The Hall–Kier alpha value is -3.13. The minimum atomic E-state index is -0.233. The van der Waals surface area contributed by atoms with Crippen LogP contribution < -0.4 is 10.2 Å². The summed E-state index contributed by atoms with van der Waals surface area (Å²) in [5.74, 6) is -0.339. The van der Waals surface area contributed by atoms with E-state index in [4.69, 9.17) is 5.26 Å². The summed E-state index contributed by atoms with van der Waals surface area (Å²) in [5, 5.41) is 11.8. The summed E-state index contributed by atoms with van der Waals surface area (Å²) in [6.45, 7) is 3.81. The summed E-state index contributed by atoms with van der Waals surface area (Å²) in [6, 6.07) is 16.6. The van der Waals surface area contributed by atoms with E-state index in [0.29, 0.717) is 11.3 Å². The van der Waals surface area contributed by atoms with E-state index in [2.05, 4.69) is 5.32 Å². The van der Waals surface area contributed by atoms with Gasteiger partial charge in [0.05, 0.1) is 11.3 Å². The lowest BCUT2D eigenvalue weighted by Crippen LogP contribution is -2.32. The number of hydrogen-bond acceptors (Lipinski definition) is 3. The van der Waals surface area contributed by atoms with Crippen LogP contribution in [0, 0.1) is 11.3 Å². The number of aryl methyl sites for hydroxylation is 1. The molecular formula is C20H21N3O2. The highest BCUT2D eigenvalue weighted by Crippen LogP contribution is 2.21. The molecule has 2 aromatic rings. The summed E-state index contributed by atoms with van der Waals surface area (Å²) < 4.78 is 0. The molecule has 0 spiro atoms. The zero-order chi connectivity index (χ0) is 18.2. The number of para-hydroxylation sites is 2. The molecule has 0 aliphatic heterocycles. The molecule has 0 aliphatic rings. The zero-order valence-corrected chi connectivity index (χ0v) is 14.5. The molecule has 0 bridgehead atoms. The molecular weight excluding hydrogens is 314 g/mol. The Kier molecular flexibility index (Phi) is 6.30. The van der Waals surface area contributed by atoms with Crippen LogP contribution in [0.2, 0.25) is 0 Å². The number of rotatable bonds is 6. The second-order valence-corrected chi connectivity index (χ2v) is 5.61. The van der Waals surface area contributed by atoms with Gasteiger partial charge in [0.2, 0.25) is 11.8 Å². The first-order valence-corrected chi connectivity index (χ1v) is 8.21. The van der Waals surface area contributed by atoms with Crippen molar-refractivity contribution in [2.75, 3.05) is 16.8 Å². The molecule has 0 saturated heterocycles.